The number of fused-ring (bicyclic) bond motifs is 1. The van der Waals surface area contributed by atoms with Gasteiger partial charge in [0.2, 0.25) is 0 Å². The zero-order chi connectivity index (χ0) is 17.1. The van der Waals surface area contributed by atoms with E-state index in [2.05, 4.69) is 20.9 Å². The van der Waals surface area contributed by atoms with Crippen molar-refractivity contribution in [2.75, 3.05) is 0 Å². The number of hydrogen-bond donors (Lipinski definition) is 0. The molecule has 0 N–H and O–H groups in total. The van der Waals surface area contributed by atoms with Gasteiger partial charge in [0.1, 0.15) is 10.8 Å². The summed E-state index contributed by atoms with van der Waals surface area (Å²) < 4.78 is 14.8. The predicted octanol–water partition coefficient (Wildman–Crippen LogP) is 4.27. The van der Waals surface area contributed by atoms with Crippen LogP contribution in [0.2, 0.25) is 0 Å². The molecule has 3 rings (SSSR count). The number of aromatic nitrogens is 1. The maximum absolute atomic E-state index is 13.4. The van der Waals surface area contributed by atoms with Crippen LogP contribution in [0.1, 0.15) is 23.4 Å². The molecule has 0 aliphatic carbocycles. The van der Waals surface area contributed by atoms with Crippen molar-refractivity contribution in [2.45, 2.75) is 12.8 Å². The fraction of sp³-hybridized carbons (Fsp3) is 0.111. The molecular formula is C18H12BrFNO2S-. The fourth-order valence-corrected chi connectivity index (χ4v) is 3.70. The monoisotopic (exact) mass is 404 g/mol. The number of carbonyl (C=O) groups excluding carboxylic acids is 1. The normalized spacial score (nSPS) is 11.8. The third-order valence-corrected chi connectivity index (χ3v) is 5.17. The molecule has 0 atom stereocenters. The number of aliphatic carboxylic acids is 1. The lowest BCUT2D eigenvalue weighted by molar-refractivity contribution is -0.305. The predicted molar refractivity (Wildman–Crippen MR) is 95.8 cm³/mol. The molecule has 0 unspecified atom stereocenters. The summed E-state index contributed by atoms with van der Waals surface area (Å²) in [6.45, 7) is 0. The summed E-state index contributed by atoms with van der Waals surface area (Å²) in [7, 11) is 0. The van der Waals surface area contributed by atoms with Gasteiger partial charge in [0.15, 0.2) is 0 Å². The second-order valence-electron chi connectivity index (χ2n) is 5.20. The molecule has 0 aliphatic rings. The molecule has 0 aliphatic heterocycles. The van der Waals surface area contributed by atoms with Crippen molar-refractivity contribution in [3.8, 4) is 0 Å². The van der Waals surface area contributed by atoms with E-state index < -0.39 is 5.97 Å². The molecule has 0 amide bonds. The first-order chi connectivity index (χ1) is 11.5. The van der Waals surface area contributed by atoms with E-state index in [1.165, 1.54) is 17.4 Å². The Balaban J connectivity index is 2.02. The number of halogens is 2. The zero-order valence-electron chi connectivity index (χ0n) is 12.5. The van der Waals surface area contributed by atoms with Crippen LogP contribution in [-0.4, -0.2) is 11.0 Å². The maximum Gasteiger partial charge on any atom is 0.137 e. The van der Waals surface area contributed by atoms with Gasteiger partial charge in [-0.05, 0) is 70.2 Å². The molecule has 0 saturated heterocycles. The lowest BCUT2D eigenvalue weighted by Crippen LogP contribution is -2.21. The average molecular weight is 405 g/mol. The summed E-state index contributed by atoms with van der Waals surface area (Å²) in [6.07, 6.45) is 2.05. The van der Waals surface area contributed by atoms with Crippen LogP contribution < -0.4 is 5.11 Å². The summed E-state index contributed by atoms with van der Waals surface area (Å²) >= 11 is 4.67. The van der Waals surface area contributed by atoms with E-state index in [-0.39, 0.29) is 12.2 Å². The quantitative estimate of drug-likeness (QED) is 0.637. The molecule has 2 aromatic carbocycles. The van der Waals surface area contributed by atoms with E-state index in [4.69, 9.17) is 0 Å². The van der Waals surface area contributed by atoms with Gasteiger partial charge in [-0.1, -0.05) is 18.2 Å². The zero-order valence-corrected chi connectivity index (χ0v) is 14.9. The Morgan fingerprint density at radius 3 is 2.75 bits per heavy atom. The number of rotatable bonds is 5. The molecule has 0 bridgehead atoms. The number of carboxylic acid groups (broad SMARTS) is 1. The largest absolute Gasteiger partial charge is 0.550 e. The van der Waals surface area contributed by atoms with Crippen molar-refractivity contribution >= 4 is 55.1 Å². The molecule has 6 heteroatoms. The lowest BCUT2D eigenvalue weighted by Gasteiger charge is -2.06. The second-order valence-corrected chi connectivity index (χ2v) is 7.09. The van der Waals surface area contributed by atoms with Crippen LogP contribution in [0.4, 0.5) is 4.39 Å². The van der Waals surface area contributed by atoms with E-state index in [9.17, 15) is 14.3 Å². The number of allylic oxidation sites excluding steroid dienone is 1. The van der Waals surface area contributed by atoms with Crippen LogP contribution in [-0.2, 0) is 4.79 Å². The number of nitrogens with zero attached hydrogens (tertiary/aromatic N) is 1. The van der Waals surface area contributed by atoms with Crippen molar-refractivity contribution in [2.24, 2.45) is 0 Å². The smallest absolute Gasteiger partial charge is 0.137 e. The Hall–Kier alpha value is -2.05. The van der Waals surface area contributed by atoms with Gasteiger partial charge in [0.25, 0.3) is 0 Å². The molecule has 1 aromatic heterocycles. The highest BCUT2D eigenvalue weighted by atomic mass is 79.9. The third-order valence-electron chi connectivity index (χ3n) is 3.45. The van der Waals surface area contributed by atoms with Gasteiger partial charge in [-0.25, -0.2) is 9.37 Å². The minimum atomic E-state index is -1.11. The van der Waals surface area contributed by atoms with Crippen molar-refractivity contribution in [1.82, 2.24) is 4.98 Å². The number of carbonyl (C=O) groups is 1. The molecule has 1 heterocycles. The van der Waals surface area contributed by atoms with Crippen molar-refractivity contribution < 1.29 is 14.3 Å². The van der Waals surface area contributed by atoms with Crippen LogP contribution in [0, 0.1) is 5.82 Å². The van der Waals surface area contributed by atoms with Crippen molar-refractivity contribution in [3.63, 3.8) is 0 Å². The van der Waals surface area contributed by atoms with Crippen LogP contribution in [0.25, 0.3) is 21.9 Å². The molecule has 3 aromatic rings. The lowest BCUT2D eigenvalue weighted by atomic mass is 10.1. The van der Waals surface area contributed by atoms with Crippen LogP contribution >= 0.6 is 27.3 Å². The summed E-state index contributed by atoms with van der Waals surface area (Å²) in [5.74, 6) is -1.45. The van der Waals surface area contributed by atoms with Gasteiger partial charge in [0, 0.05) is 5.97 Å². The molecule has 0 radical (unpaired) electrons. The number of para-hydroxylation sites is 1. The fourth-order valence-electron chi connectivity index (χ4n) is 2.29. The minimum Gasteiger partial charge on any atom is -0.550 e. The first-order valence-electron chi connectivity index (χ1n) is 7.24. The topological polar surface area (TPSA) is 53.0 Å². The van der Waals surface area contributed by atoms with Gasteiger partial charge < -0.3 is 9.90 Å². The maximum atomic E-state index is 13.4. The van der Waals surface area contributed by atoms with E-state index in [0.29, 0.717) is 10.9 Å². The molecule has 0 spiro atoms. The van der Waals surface area contributed by atoms with Crippen molar-refractivity contribution in [1.29, 1.82) is 0 Å². The first kappa shape index (κ1) is 16.8. The highest BCUT2D eigenvalue weighted by Gasteiger charge is 2.10. The van der Waals surface area contributed by atoms with E-state index in [0.717, 1.165) is 26.4 Å². The van der Waals surface area contributed by atoms with Gasteiger partial charge in [-0.2, -0.15) is 0 Å². The molecule has 24 heavy (non-hydrogen) atoms. The number of thiazole rings is 1. The van der Waals surface area contributed by atoms with Gasteiger partial charge in [-0.15, -0.1) is 11.3 Å². The summed E-state index contributed by atoms with van der Waals surface area (Å²) in [5.41, 5.74) is 2.44. The highest BCUT2D eigenvalue weighted by molar-refractivity contribution is 9.10. The number of carboxylic acids is 1. The van der Waals surface area contributed by atoms with Gasteiger partial charge in [0.05, 0.1) is 14.7 Å². The number of benzene rings is 2. The van der Waals surface area contributed by atoms with Gasteiger partial charge >= 0.3 is 0 Å². The molecule has 122 valence electrons. The summed E-state index contributed by atoms with van der Waals surface area (Å²) in [4.78, 5) is 15.4. The standard InChI is InChI=1S/C18H13BrFNO2S/c19-13-10-11(5-7-14(13)20)9-12(6-8-17(22)23)18-21-15-3-1-2-4-16(15)24-18/h1-5,7,9-10H,6,8H2,(H,22,23)/p-1/b12-9+. The SMILES string of the molecule is O=C([O-])CC/C(=C\c1ccc(F)c(Br)c1)c1nc2ccccc2s1. The second kappa shape index (κ2) is 7.23. The summed E-state index contributed by atoms with van der Waals surface area (Å²) in [6, 6.07) is 12.4. The number of hydrogen-bond acceptors (Lipinski definition) is 4. The molecule has 0 saturated carbocycles. The van der Waals surface area contributed by atoms with Gasteiger partial charge in [-0.3, -0.25) is 0 Å². The van der Waals surface area contributed by atoms with Crippen LogP contribution in [0.5, 0.6) is 0 Å². The van der Waals surface area contributed by atoms with E-state index >= 15 is 0 Å². The van der Waals surface area contributed by atoms with Crippen LogP contribution in [0.15, 0.2) is 46.9 Å². The minimum absolute atomic E-state index is 0.0931. The summed E-state index contributed by atoms with van der Waals surface area (Å²) in [5, 5.41) is 11.6. The Bertz CT molecular complexity index is 903. The Labute approximate surface area is 150 Å². The third kappa shape index (κ3) is 3.88. The highest BCUT2D eigenvalue weighted by Crippen LogP contribution is 2.31. The van der Waals surface area contributed by atoms with Crippen molar-refractivity contribution in [3.05, 3.63) is 63.3 Å². The molecule has 3 nitrogen and oxygen atoms in total. The Kier molecular flexibility index (Phi) is 5.06. The Morgan fingerprint density at radius 2 is 2.04 bits per heavy atom. The van der Waals surface area contributed by atoms with Crippen LogP contribution in [0.3, 0.4) is 0 Å². The Morgan fingerprint density at radius 1 is 1.25 bits per heavy atom. The average Bonchev–Trinajstić information content (AvgIpc) is 2.98. The van der Waals surface area contributed by atoms with E-state index in [1.54, 1.807) is 12.1 Å². The molecular weight excluding hydrogens is 393 g/mol. The van der Waals surface area contributed by atoms with E-state index in [1.807, 2.05) is 30.3 Å². The molecule has 0 fully saturated rings. The first-order valence-corrected chi connectivity index (χ1v) is 8.85.